The number of aliphatic hydroxyl groups is 1. The number of sulfonamides is 1. The molecule has 1 amide bonds. The SMILES string of the molecule is COc1cc(Nc2nc3ccccc3nc2NS(=O)(=O)c2cccc(NC(=O)CNCC(C)O)c2)cc(OC)c1. The van der Waals surface area contributed by atoms with Gasteiger partial charge in [0.1, 0.15) is 11.5 Å². The van der Waals surface area contributed by atoms with Crippen LogP contribution < -0.4 is 30.1 Å². The van der Waals surface area contributed by atoms with Crippen LogP contribution in [0.2, 0.25) is 0 Å². The number of amides is 1. The number of benzene rings is 3. The number of nitrogens with zero attached hydrogens (tertiary/aromatic N) is 2. The number of methoxy groups -OCH3 is 2. The van der Waals surface area contributed by atoms with E-state index in [0.29, 0.717) is 28.2 Å². The van der Waals surface area contributed by atoms with Gasteiger partial charge in [0.25, 0.3) is 10.0 Å². The molecular weight excluding hydrogens is 536 g/mol. The van der Waals surface area contributed by atoms with E-state index in [1.807, 2.05) is 0 Å². The number of hydrogen-bond acceptors (Lipinski definition) is 10. The molecule has 40 heavy (non-hydrogen) atoms. The number of nitrogens with one attached hydrogen (secondary N) is 4. The van der Waals surface area contributed by atoms with Gasteiger partial charge in [-0.05, 0) is 37.3 Å². The molecule has 1 unspecified atom stereocenters. The maximum Gasteiger partial charge on any atom is 0.263 e. The Balaban J connectivity index is 1.63. The Morgan fingerprint density at radius 3 is 2.17 bits per heavy atom. The zero-order chi connectivity index (χ0) is 28.7. The fraction of sp³-hybridized carbons (Fsp3) is 0.222. The summed E-state index contributed by atoms with van der Waals surface area (Å²) < 4.78 is 40.0. The molecule has 0 bridgehead atoms. The Bertz CT molecular complexity index is 1590. The van der Waals surface area contributed by atoms with Gasteiger partial charge in [0, 0.05) is 36.1 Å². The van der Waals surface area contributed by atoms with Crippen molar-refractivity contribution in [2.75, 3.05) is 42.7 Å². The van der Waals surface area contributed by atoms with E-state index >= 15 is 0 Å². The van der Waals surface area contributed by atoms with Gasteiger partial charge >= 0.3 is 0 Å². The fourth-order valence-electron chi connectivity index (χ4n) is 3.70. The van der Waals surface area contributed by atoms with Gasteiger partial charge in [0.2, 0.25) is 5.91 Å². The lowest BCUT2D eigenvalue weighted by Gasteiger charge is -2.15. The van der Waals surface area contributed by atoms with Crippen molar-refractivity contribution in [2.45, 2.75) is 17.9 Å². The summed E-state index contributed by atoms with van der Waals surface area (Å²) >= 11 is 0. The molecule has 0 radical (unpaired) electrons. The van der Waals surface area contributed by atoms with Crippen molar-refractivity contribution in [2.24, 2.45) is 0 Å². The van der Waals surface area contributed by atoms with Crippen LogP contribution in [0, 0.1) is 0 Å². The third kappa shape index (κ3) is 7.34. The standard InChI is InChI=1S/C27H30N6O6S/c1-17(34)15-28-16-25(35)29-18-7-6-8-22(13-18)40(36,37)33-27-26(31-23-9-4-5-10-24(23)32-27)30-19-11-20(38-2)14-21(12-19)39-3/h4-14,17,28,34H,15-16H2,1-3H3,(H,29,35)(H,30,31)(H,32,33). The number of para-hydroxylation sites is 2. The molecular formula is C27H30N6O6S. The number of fused-ring (bicyclic) bond motifs is 1. The molecule has 0 saturated carbocycles. The van der Waals surface area contributed by atoms with E-state index in [4.69, 9.17) is 9.47 Å². The summed E-state index contributed by atoms with van der Waals surface area (Å²) in [7, 11) is -1.10. The highest BCUT2D eigenvalue weighted by atomic mass is 32.2. The van der Waals surface area contributed by atoms with Gasteiger partial charge < -0.3 is 30.5 Å². The Morgan fingerprint density at radius 1 is 0.900 bits per heavy atom. The van der Waals surface area contributed by atoms with Crippen LogP contribution in [0.4, 0.5) is 23.0 Å². The third-order valence-electron chi connectivity index (χ3n) is 5.57. The average Bonchev–Trinajstić information content (AvgIpc) is 2.93. The van der Waals surface area contributed by atoms with Crippen LogP contribution in [0.25, 0.3) is 11.0 Å². The first-order chi connectivity index (χ1) is 19.2. The lowest BCUT2D eigenvalue weighted by Crippen LogP contribution is -2.32. The highest BCUT2D eigenvalue weighted by molar-refractivity contribution is 7.92. The molecule has 13 heteroatoms. The van der Waals surface area contributed by atoms with Crippen LogP contribution in [0.5, 0.6) is 11.5 Å². The second-order valence-electron chi connectivity index (χ2n) is 8.80. The Kier molecular flexibility index (Phi) is 8.99. The van der Waals surface area contributed by atoms with Gasteiger partial charge in [-0.2, -0.15) is 0 Å². The zero-order valence-electron chi connectivity index (χ0n) is 22.1. The van der Waals surface area contributed by atoms with E-state index in [1.54, 1.807) is 55.5 Å². The van der Waals surface area contributed by atoms with Crippen molar-refractivity contribution in [1.82, 2.24) is 15.3 Å². The summed E-state index contributed by atoms with van der Waals surface area (Å²) in [5.41, 5.74) is 1.87. The third-order valence-corrected chi connectivity index (χ3v) is 6.91. The molecule has 0 saturated heterocycles. The minimum atomic E-state index is -4.15. The Labute approximate surface area is 231 Å². The van der Waals surface area contributed by atoms with Crippen LogP contribution in [-0.2, 0) is 14.8 Å². The minimum Gasteiger partial charge on any atom is -0.497 e. The highest BCUT2D eigenvalue weighted by Gasteiger charge is 2.20. The summed E-state index contributed by atoms with van der Waals surface area (Å²) in [5.74, 6) is 0.794. The van der Waals surface area contributed by atoms with Crippen LogP contribution in [-0.4, -0.2) is 62.8 Å². The Morgan fingerprint density at radius 2 is 1.55 bits per heavy atom. The molecule has 0 spiro atoms. The van der Waals surface area contributed by atoms with E-state index in [0.717, 1.165) is 0 Å². The number of carbonyl (C=O) groups is 1. The summed E-state index contributed by atoms with van der Waals surface area (Å²) in [6, 6.07) is 18.0. The largest absolute Gasteiger partial charge is 0.497 e. The van der Waals surface area contributed by atoms with Crippen molar-refractivity contribution in [3.05, 3.63) is 66.7 Å². The maximum absolute atomic E-state index is 13.4. The van der Waals surface area contributed by atoms with E-state index in [1.165, 1.54) is 32.4 Å². The van der Waals surface area contributed by atoms with Crippen LogP contribution in [0.1, 0.15) is 6.92 Å². The molecule has 210 valence electrons. The molecule has 0 fully saturated rings. The van der Waals surface area contributed by atoms with Crippen LogP contribution in [0.15, 0.2) is 71.6 Å². The summed E-state index contributed by atoms with van der Waals surface area (Å²) in [5, 5.41) is 17.9. The van der Waals surface area contributed by atoms with Crippen molar-refractivity contribution in [3.8, 4) is 11.5 Å². The molecule has 3 aromatic carbocycles. The normalized spacial score (nSPS) is 12.0. The van der Waals surface area contributed by atoms with Gasteiger partial charge in [-0.25, -0.2) is 18.4 Å². The second-order valence-corrected chi connectivity index (χ2v) is 10.5. The maximum atomic E-state index is 13.4. The molecule has 1 aromatic heterocycles. The monoisotopic (exact) mass is 566 g/mol. The average molecular weight is 567 g/mol. The molecule has 0 aliphatic carbocycles. The summed E-state index contributed by atoms with van der Waals surface area (Å²) in [4.78, 5) is 21.2. The molecule has 12 nitrogen and oxygen atoms in total. The van der Waals surface area contributed by atoms with Gasteiger partial charge in [-0.15, -0.1) is 0 Å². The van der Waals surface area contributed by atoms with E-state index in [-0.39, 0.29) is 41.2 Å². The van der Waals surface area contributed by atoms with Crippen LogP contribution >= 0.6 is 0 Å². The number of rotatable bonds is 12. The van der Waals surface area contributed by atoms with Crippen molar-refractivity contribution in [1.29, 1.82) is 0 Å². The molecule has 0 aliphatic rings. The van der Waals surface area contributed by atoms with Gasteiger partial charge in [-0.3, -0.25) is 9.52 Å². The first-order valence-corrected chi connectivity index (χ1v) is 13.7. The first-order valence-electron chi connectivity index (χ1n) is 12.3. The Hall–Kier alpha value is -4.46. The van der Waals surface area contributed by atoms with Gasteiger partial charge in [0.05, 0.1) is 42.8 Å². The van der Waals surface area contributed by atoms with Crippen molar-refractivity contribution < 1.29 is 27.8 Å². The number of carbonyl (C=O) groups excluding carboxylic acids is 1. The lowest BCUT2D eigenvalue weighted by molar-refractivity contribution is -0.115. The van der Waals surface area contributed by atoms with E-state index < -0.39 is 16.1 Å². The second kappa shape index (κ2) is 12.6. The first kappa shape index (κ1) is 28.5. The molecule has 0 aliphatic heterocycles. The van der Waals surface area contributed by atoms with Gasteiger partial charge in [0.15, 0.2) is 11.6 Å². The van der Waals surface area contributed by atoms with Crippen molar-refractivity contribution >= 4 is 50.0 Å². The molecule has 4 rings (SSSR count). The smallest absolute Gasteiger partial charge is 0.263 e. The number of ether oxygens (including phenoxy) is 2. The predicted octanol–water partition coefficient (Wildman–Crippen LogP) is 3.10. The molecule has 4 aromatic rings. The topological polar surface area (TPSA) is 164 Å². The molecule has 1 heterocycles. The zero-order valence-corrected chi connectivity index (χ0v) is 23.0. The van der Waals surface area contributed by atoms with Crippen molar-refractivity contribution in [3.63, 3.8) is 0 Å². The molecule has 1 atom stereocenters. The predicted molar refractivity (Wildman–Crippen MR) is 153 cm³/mol. The summed E-state index contributed by atoms with van der Waals surface area (Å²) in [6.45, 7) is 1.80. The van der Waals surface area contributed by atoms with E-state index in [2.05, 4.69) is 30.6 Å². The molecule has 5 N–H and O–H groups in total. The number of aliphatic hydroxyl groups excluding tert-OH is 1. The van der Waals surface area contributed by atoms with Crippen LogP contribution in [0.3, 0.4) is 0 Å². The number of hydrogen-bond donors (Lipinski definition) is 5. The van der Waals surface area contributed by atoms with E-state index in [9.17, 15) is 18.3 Å². The minimum absolute atomic E-state index is 0.0303. The number of aromatic nitrogens is 2. The van der Waals surface area contributed by atoms with Gasteiger partial charge in [-0.1, -0.05) is 18.2 Å². The lowest BCUT2D eigenvalue weighted by atomic mass is 10.2. The number of anilines is 4. The quantitative estimate of drug-likeness (QED) is 0.172. The highest BCUT2D eigenvalue weighted by Crippen LogP contribution is 2.31. The fourth-order valence-corrected chi connectivity index (χ4v) is 4.76. The summed E-state index contributed by atoms with van der Waals surface area (Å²) in [6.07, 6.45) is -0.601.